The van der Waals surface area contributed by atoms with Crippen LogP contribution in [0.25, 0.3) is 0 Å². The summed E-state index contributed by atoms with van der Waals surface area (Å²) in [6.45, 7) is 0. The second kappa shape index (κ2) is 8.96. The molecule has 2 nitrogen and oxygen atoms in total. The molecule has 0 unspecified atom stereocenters. The fourth-order valence-electron chi connectivity index (χ4n) is 0.799. The molecule has 6 heteroatoms. The van der Waals surface area contributed by atoms with Gasteiger partial charge in [0.1, 0.15) is 0 Å². The summed E-state index contributed by atoms with van der Waals surface area (Å²) in [5, 5.41) is 8.95. The van der Waals surface area contributed by atoms with Gasteiger partial charge in [-0.2, -0.15) is 10.3 Å². The van der Waals surface area contributed by atoms with Crippen LogP contribution in [0.5, 0.6) is 0 Å². The summed E-state index contributed by atoms with van der Waals surface area (Å²) in [7, 11) is 0. The van der Waals surface area contributed by atoms with E-state index in [1.165, 1.54) is 11.8 Å². The molecule has 0 radical (unpaired) electrons. The maximum Gasteiger partial charge on any atom is 1.00 e. The standard InChI is InChI=1S/C9H7ClN2S2.K/c10-8-3-1-7(2-4-8)5-14-9(13)12-6-11;/h1-4H,5H2,(H,12,13);/q;+1/p-1. The fraction of sp³-hybridized carbons (Fsp3) is 0.111. The maximum atomic E-state index is 8.24. The summed E-state index contributed by atoms with van der Waals surface area (Å²) < 4.78 is 0.363. The summed E-state index contributed by atoms with van der Waals surface area (Å²) in [5.41, 5.74) is 1.11. The quantitative estimate of drug-likeness (QED) is 0.251. The Kier molecular flexibility index (Phi) is 9.49. The van der Waals surface area contributed by atoms with Gasteiger partial charge < -0.3 is 12.6 Å². The summed E-state index contributed by atoms with van der Waals surface area (Å²) in [5.74, 6) is 0.710. The molecule has 0 heterocycles. The van der Waals surface area contributed by atoms with Gasteiger partial charge in [0.25, 0.3) is 0 Å². The van der Waals surface area contributed by atoms with E-state index in [0.717, 1.165) is 5.56 Å². The van der Waals surface area contributed by atoms with Crippen molar-refractivity contribution in [1.82, 2.24) is 0 Å². The Hall–Kier alpha value is 0.876. The van der Waals surface area contributed by atoms with Crippen LogP contribution in [0, 0.1) is 11.5 Å². The van der Waals surface area contributed by atoms with Crippen LogP contribution >= 0.6 is 23.4 Å². The first-order valence-corrected chi connectivity index (χ1v) is 5.50. The van der Waals surface area contributed by atoms with E-state index in [2.05, 4.69) is 4.99 Å². The van der Waals surface area contributed by atoms with Gasteiger partial charge in [-0.15, -0.1) is 11.8 Å². The molecule has 0 aliphatic carbocycles. The van der Waals surface area contributed by atoms with Gasteiger partial charge in [-0.1, -0.05) is 23.7 Å². The molecule has 0 aliphatic rings. The van der Waals surface area contributed by atoms with Gasteiger partial charge >= 0.3 is 51.4 Å². The van der Waals surface area contributed by atoms with Crippen LogP contribution in [-0.2, 0) is 18.4 Å². The Labute approximate surface area is 146 Å². The van der Waals surface area contributed by atoms with Crippen molar-refractivity contribution >= 4 is 40.4 Å². The van der Waals surface area contributed by atoms with E-state index in [-0.39, 0.29) is 51.4 Å². The van der Waals surface area contributed by atoms with Crippen LogP contribution in [0.4, 0.5) is 0 Å². The maximum absolute atomic E-state index is 8.24. The van der Waals surface area contributed by atoms with Crippen molar-refractivity contribution in [2.24, 2.45) is 4.99 Å². The first kappa shape index (κ1) is 15.9. The van der Waals surface area contributed by atoms with Crippen molar-refractivity contribution in [3.8, 4) is 6.19 Å². The number of hydrogen-bond acceptors (Lipinski definition) is 4. The Morgan fingerprint density at radius 2 is 2.07 bits per heavy atom. The number of halogens is 1. The van der Waals surface area contributed by atoms with Gasteiger partial charge in [-0.3, -0.25) is 0 Å². The average Bonchev–Trinajstić information content (AvgIpc) is 2.17. The van der Waals surface area contributed by atoms with Gasteiger partial charge in [-0.25, -0.2) is 0 Å². The Morgan fingerprint density at radius 3 is 2.60 bits per heavy atom. The number of benzene rings is 1. The predicted octanol–water partition coefficient (Wildman–Crippen LogP) is -0.0388. The van der Waals surface area contributed by atoms with E-state index < -0.39 is 0 Å². The Balaban J connectivity index is 0.00000196. The second-order valence-corrected chi connectivity index (χ2v) is 4.44. The van der Waals surface area contributed by atoms with Crippen molar-refractivity contribution < 1.29 is 51.4 Å². The van der Waals surface area contributed by atoms with Gasteiger partial charge in [0, 0.05) is 10.8 Å². The summed E-state index contributed by atoms with van der Waals surface area (Å²) in [6, 6.07) is 7.48. The third kappa shape index (κ3) is 6.92. The number of thioether (sulfide) groups is 1. The molecular weight excluding hydrogens is 275 g/mol. The molecule has 0 bridgehead atoms. The van der Waals surface area contributed by atoms with Gasteiger partial charge in [0.2, 0.25) is 6.19 Å². The molecule has 1 aromatic rings. The smallest absolute Gasteiger partial charge is 0.752 e. The molecule has 0 aliphatic heterocycles. The van der Waals surface area contributed by atoms with E-state index in [9.17, 15) is 0 Å². The van der Waals surface area contributed by atoms with Crippen LogP contribution < -0.4 is 51.4 Å². The van der Waals surface area contributed by atoms with Crippen LogP contribution in [0.15, 0.2) is 29.3 Å². The molecule has 0 spiro atoms. The van der Waals surface area contributed by atoms with E-state index in [1.54, 1.807) is 6.19 Å². The van der Waals surface area contributed by atoms with Crippen molar-refractivity contribution in [2.45, 2.75) is 5.75 Å². The van der Waals surface area contributed by atoms with Crippen molar-refractivity contribution in [2.75, 3.05) is 0 Å². The molecule has 0 atom stereocenters. The van der Waals surface area contributed by atoms with Crippen molar-refractivity contribution in [1.29, 1.82) is 5.26 Å². The van der Waals surface area contributed by atoms with Crippen LogP contribution in [0.3, 0.4) is 0 Å². The minimum atomic E-state index is 0. The fourth-order valence-corrected chi connectivity index (χ4v) is 1.73. The molecule has 1 rings (SSSR count). The third-order valence-electron chi connectivity index (χ3n) is 1.42. The predicted molar refractivity (Wildman–Crippen MR) is 63.2 cm³/mol. The minimum Gasteiger partial charge on any atom is -0.752 e. The van der Waals surface area contributed by atoms with E-state index in [1.807, 2.05) is 24.3 Å². The molecule has 1 aromatic carbocycles. The third-order valence-corrected chi connectivity index (χ3v) is 2.93. The number of nitriles is 1. The molecule has 72 valence electrons. The number of hydrogen-bond donors (Lipinski definition) is 0. The number of aliphatic imine (C=N–C) groups is 1. The molecule has 15 heavy (non-hydrogen) atoms. The van der Waals surface area contributed by atoms with Gasteiger partial charge in [0.15, 0.2) is 0 Å². The summed E-state index contributed by atoms with van der Waals surface area (Å²) >= 11 is 11.9. The molecule has 0 amide bonds. The zero-order chi connectivity index (χ0) is 10.4. The van der Waals surface area contributed by atoms with Crippen molar-refractivity contribution in [3.05, 3.63) is 34.9 Å². The topological polar surface area (TPSA) is 36.1 Å². The molecule has 0 aromatic heterocycles. The minimum absolute atomic E-state index is 0. The Morgan fingerprint density at radius 1 is 1.47 bits per heavy atom. The first-order chi connectivity index (χ1) is 6.72. The van der Waals surface area contributed by atoms with E-state index in [4.69, 9.17) is 29.5 Å². The Bertz CT molecular complexity index is 373. The van der Waals surface area contributed by atoms with E-state index >= 15 is 0 Å². The van der Waals surface area contributed by atoms with Crippen molar-refractivity contribution in [3.63, 3.8) is 0 Å². The SMILES string of the molecule is N#C/N=C(\[S-])SCc1ccc(Cl)cc1.[K+]. The number of nitrogens with zero attached hydrogens (tertiary/aromatic N) is 2. The van der Waals surface area contributed by atoms with Crippen LogP contribution in [0.2, 0.25) is 5.02 Å². The zero-order valence-electron chi connectivity index (χ0n) is 8.11. The van der Waals surface area contributed by atoms with Gasteiger partial charge in [0.05, 0.1) is 0 Å². The second-order valence-electron chi connectivity index (χ2n) is 2.39. The normalized spacial score (nSPS) is 10.3. The summed E-state index contributed by atoms with van der Waals surface area (Å²) in [6.07, 6.45) is 1.65. The monoisotopic (exact) mass is 280 g/mol. The molecule has 0 saturated heterocycles. The molecule has 0 fully saturated rings. The van der Waals surface area contributed by atoms with Gasteiger partial charge in [-0.05, 0) is 22.1 Å². The molecule has 0 N–H and O–H groups in total. The molecular formula is C9H6ClKN2S2. The van der Waals surface area contributed by atoms with Crippen LogP contribution in [0.1, 0.15) is 5.56 Å². The zero-order valence-corrected chi connectivity index (χ0v) is 13.6. The van der Waals surface area contributed by atoms with Crippen LogP contribution in [-0.4, -0.2) is 4.38 Å². The largest absolute Gasteiger partial charge is 1.00 e. The van der Waals surface area contributed by atoms with E-state index in [0.29, 0.717) is 15.2 Å². The number of rotatable bonds is 2. The average molecular weight is 281 g/mol. The molecule has 0 saturated carbocycles. The summed E-state index contributed by atoms with van der Waals surface area (Å²) in [4.78, 5) is 3.43. The first-order valence-electron chi connectivity index (χ1n) is 3.73.